The second-order valence-electron chi connectivity index (χ2n) is 7.30. The Morgan fingerprint density at radius 2 is 1.71 bits per heavy atom. The second-order valence-corrected chi connectivity index (χ2v) is 8.15. The van der Waals surface area contributed by atoms with Crippen molar-refractivity contribution < 1.29 is 14.7 Å². The monoisotopic (exact) mass is 489 g/mol. The zero-order valence-electron chi connectivity index (χ0n) is 17.2. The quantitative estimate of drug-likeness (QED) is 0.348. The van der Waals surface area contributed by atoms with Crippen molar-refractivity contribution in [1.29, 1.82) is 0 Å². The number of phenolic OH excluding ortho intramolecular Hbond substituents is 1. The number of carbonyl (C=O) groups is 2. The predicted molar refractivity (Wildman–Crippen MR) is 128 cm³/mol. The Morgan fingerprint density at radius 1 is 0.912 bits per heavy atom. The molecule has 0 aliphatic carbocycles. The van der Waals surface area contributed by atoms with E-state index in [0.717, 1.165) is 0 Å². The molecule has 166 valence electrons. The molecule has 4 aromatic carbocycles. The van der Waals surface area contributed by atoms with E-state index in [1.54, 1.807) is 60.7 Å². The van der Waals surface area contributed by atoms with Crippen LogP contribution in [0.4, 0.5) is 21.9 Å². The molecule has 0 aromatic heterocycles. The largest absolute Gasteiger partial charge is 0.505 e. The highest BCUT2D eigenvalue weighted by molar-refractivity contribution is 6.35. The summed E-state index contributed by atoms with van der Waals surface area (Å²) in [6.07, 6.45) is 0. The van der Waals surface area contributed by atoms with Gasteiger partial charge in [-0.2, -0.15) is 9.98 Å². The summed E-state index contributed by atoms with van der Waals surface area (Å²) in [7, 11) is 0. The van der Waals surface area contributed by atoms with Gasteiger partial charge in [0.1, 0.15) is 11.4 Å². The lowest BCUT2D eigenvalue weighted by atomic mass is 10.0. The molecule has 0 unspecified atom stereocenters. The Kier molecular flexibility index (Phi) is 5.53. The lowest BCUT2D eigenvalue weighted by molar-refractivity contribution is 0.102. The van der Waals surface area contributed by atoms with Crippen LogP contribution in [-0.4, -0.2) is 17.0 Å². The van der Waals surface area contributed by atoms with Gasteiger partial charge in [0.25, 0.3) is 5.91 Å². The molecule has 4 aromatic rings. The van der Waals surface area contributed by atoms with Crippen molar-refractivity contribution >= 4 is 63.0 Å². The van der Waals surface area contributed by atoms with E-state index in [1.807, 2.05) is 0 Å². The summed E-state index contributed by atoms with van der Waals surface area (Å²) in [5.74, 6) is -0.934. The van der Waals surface area contributed by atoms with Gasteiger partial charge in [0, 0.05) is 16.1 Å². The molecule has 5 rings (SSSR count). The molecule has 0 bridgehead atoms. The highest BCUT2D eigenvalue weighted by Gasteiger charge is 2.19. The third kappa shape index (κ3) is 4.12. The van der Waals surface area contributed by atoms with Crippen molar-refractivity contribution in [3.8, 4) is 5.75 Å². The highest BCUT2D eigenvalue weighted by Crippen LogP contribution is 2.40. The van der Waals surface area contributed by atoms with E-state index < -0.39 is 11.9 Å². The maximum absolute atomic E-state index is 13.1. The number of fused-ring (bicyclic) bond motifs is 2. The minimum absolute atomic E-state index is 0.0111. The van der Waals surface area contributed by atoms with Gasteiger partial charge in [0.05, 0.1) is 21.3 Å². The van der Waals surface area contributed by atoms with Gasteiger partial charge in [0.2, 0.25) is 0 Å². The number of rotatable bonds is 4. The van der Waals surface area contributed by atoms with Crippen molar-refractivity contribution in [1.82, 2.24) is 0 Å². The first-order valence-electron chi connectivity index (χ1n) is 9.93. The lowest BCUT2D eigenvalue weighted by Gasteiger charge is -2.11. The van der Waals surface area contributed by atoms with Crippen LogP contribution < -0.4 is 16.0 Å². The average molecular weight is 490 g/mol. The van der Waals surface area contributed by atoms with E-state index in [2.05, 4.69) is 25.5 Å². The molecule has 0 saturated carbocycles. The summed E-state index contributed by atoms with van der Waals surface area (Å²) in [6.45, 7) is 0. The number of nitrogens with one attached hydrogen (secondary N) is 1. The highest BCUT2D eigenvalue weighted by atomic mass is 35.5. The Bertz CT molecular complexity index is 1670. The topological polar surface area (TPSA) is 116 Å². The van der Waals surface area contributed by atoms with Crippen LogP contribution in [0.15, 0.2) is 86.9 Å². The van der Waals surface area contributed by atoms with Crippen LogP contribution >= 0.6 is 23.2 Å². The number of anilines is 1. The zero-order valence-corrected chi connectivity index (χ0v) is 18.7. The third-order valence-electron chi connectivity index (χ3n) is 5.07. The minimum atomic E-state index is -0.597. The van der Waals surface area contributed by atoms with Crippen LogP contribution in [0.5, 0.6) is 5.75 Å². The summed E-state index contributed by atoms with van der Waals surface area (Å²) in [4.78, 5) is 32.0. The van der Waals surface area contributed by atoms with Crippen LogP contribution in [0.2, 0.25) is 10.0 Å². The fraction of sp³-hybridized carbons (Fsp3) is 0. The molecule has 1 heterocycles. The SMILES string of the molecule is O=C1N=c2ccc(NC(=O)c3cc4ccccc4c(N=Nc4cc(Cl)ccc4Cl)c3O)cc2=N1. The van der Waals surface area contributed by atoms with Gasteiger partial charge in [-0.25, -0.2) is 4.79 Å². The molecule has 0 saturated heterocycles. The average Bonchev–Trinajstić information content (AvgIpc) is 3.19. The molecule has 8 nitrogen and oxygen atoms in total. The summed E-state index contributed by atoms with van der Waals surface area (Å²) in [5.41, 5.74) is 0.795. The number of phenols is 1. The van der Waals surface area contributed by atoms with Crippen LogP contribution in [0.1, 0.15) is 10.4 Å². The van der Waals surface area contributed by atoms with E-state index in [9.17, 15) is 14.7 Å². The maximum Gasteiger partial charge on any atom is 0.368 e. The van der Waals surface area contributed by atoms with Gasteiger partial charge in [-0.05, 0) is 47.9 Å². The molecule has 0 radical (unpaired) electrons. The van der Waals surface area contributed by atoms with Gasteiger partial charge < -0.3 is 10.4 Å². The molecular weight excluding hydrogens is 477 g/mol. The predicted octanol–water partition coefficient (Wildman–Crippen LogP) is 5.89. The number of hydrogen-bond acceptors (Lipinski definition) is 5. The summed E-state index contributed by atoms with van der Waals surface area (Å²) < 4.78 is 0. The van der Waals surface area contributed by atoms with Gasteiger partial charge in [-0.1, -0.05) is 47.5 Å². The van der Waals surface area contributed by atoms with Gasteiger partial charge in [-0.15, -0.1) is 10.2 Å². The van der Waals surface area contributed by atoms with Gasteiger partial charge in [0.15, 0.2) is 5.75 Å². The van der Waals surface area contributed by atoms with Crippen LogP contribution in [0.25, 0.3) is 10.8 Å². The minimum Gasteiger partial charge on any atom is -0.505 e. The van der Waals surface area contributed by atoms with E-state index in [1.165, 1.54) is 6.07 Å². The second kappa shape index (κ2) is 8.66. The number of benzene rings is 4. The molecule has 0 spiro atoms. The molecular formula is C24H13Cl2N5O3. The van der Waals surface area contributed by atoms with E-state index >= 15 is 0 Å². The smallest absolute Gasteiger partial charge is 0.368 e. The molecule has 3 amide bonds. The molecule has 0 atom stereocenters. The number of carbonyl (C=O) groups excluding carboxylic acids is 2. The third-order valence-corrected chi connectivity index (χ3v) is 5.63. The van der Waals surface area contributed by atoms with Crippen molar-refractivity contribution in [2.45, 2.75) is 0 Å². The maximum atomic E-state index is 13.1. The first-order chi connectivity index (χ1) is 16.4. The molecule has 1 aliphatic rings. The molecule has 34 heavy (non-hydrogen) atoms. The van der Waals surface area contributed by atoms with E-state index in [4.69, 9.17) is 23.2 Å². The van der Waals surface area contributed by atoms with Crippen LogP contribution in [0.3, 0.4) is 0 Å². The van der Waals surface area contributed by atoms with Crippen molar-refractivity contribution in [2.75, 3.05) is 5.32 Å². The first-order valence-corrected chi connectivity index (χ1v) is 10.7. The number of amides is 3. The summed E-state index contributed by atoms with van der Waals surface area (Å²) in [6, 6.07) is 17.5. The van der Waals surface area contributed by atoms with Crippen molar-refractivity contribution in [3.63, 3.8) is 0 Å². The zero-order chi connectivity index (χ0) is 23.8. The summed E-state index contributed by atoms with van der Waals surface area (Å²) >= 11 is 12.2. The Hall–Kier alpha value is -4.14. The fourth-order valence-corrected chi connectivity index (χ4v) is 3.79. The molecule has 1 aliphatic heterocycles. The number of azo groups is 1. The number of urea groups is 1. The normalized spacial score (nSPS) is 12.5. The molecule has 0 fully saturated rings. The van der Waals surface area contributed by atoms with Gasteiger partial charge >= 0.3 is 6.03 Å². The van der Waals surface area contributed by atoms with Gasteiger partial charge in [-0.3, -0.25) is 4.79 Å². The Labute approximate surface area is 201 Å². The van der Waals surface area contributed by atoms with E-state index in [0.29, 0.717) is 42.9 Å². The standard InChI is InChI=1S/C24H13Cl2N5O3/c25-13-5-7-17(26)19(10-13)30-31-21-15-4-2-1-3-12(15)9-16(22(21)32)23(33)27-14-6-8-18-20(11-14)29-24(34)28-18/h1-11,32H,(H,27,33). The van der Waals surface area contributed by atoms with E-state index in [-0.39, 0.29) is 17.0 Å². The summed E-state index contributed by atoms with van der Waals surface area (Å²) in [5, 5.41) is 24.8. The number of aromatic hydroxyl groups is 1. The Morgan fingerprint density at radius 3 is 2.56 bits per heavy atom. The Balaban J connectivity index is 1.56. The lowest BCUT2D eigenvalue weighted by Crippen LogP contribution is -2.23. The van der Waals surface area contributed by atoms with Crippen molar-refractivity contribution in [2.24, 2.45) is 20.2 Å². The number of hydrogen-bond donors (Lipinski definition) is 2. The van der Waals surface area contributed by atoms with Crippen LogP contribution in [-0.2, 0) is 0 Å². The number of halogens is 2. The van der Waals surface area contributed by atoms with Crippen molar-refractivity contribution in [3.05, 3.63) is 93.1 Å². The number of nitrogens with zero attached hydrogens (tertiary/aromatic N) is 4. The first kappa shape index (κ1) is 21.7. The fourth-order valence-electron chi connectivity index (χ4n) is 3.47. The van der Waals surface area contributed by atoms with Crippen LogP contribution in [0, 0.1) is 0 Å². The molecule has 10 heteroatoms. The molecule has 2 N–H and O–H groups in total.